The molecule has 0 saturated carbocycles. The van der Waals surface area contributed by atoms with E-state index in [1.165, 1.54) is 21.4 Å². The van der Waals surface area contributed by atoms with Crippen molar-refractivity contribution in [2.45, 2.75) is 24.2 Å². The zero-order valence-corrected chi connectivity index (χ0v) is 15.2. The molecule has 2 aromatic heterocycles. The Hall–Kier alpha value is -1.64. The summed E-state index contributed by atoms with van der Waals surface area (Å²) in [6, 6.07) is 5.47. The Kier molecular flexibility index (Phi) is 5.07. The van der Waals surface area contributed by atoms with Crippen LogP contribution in [0.25, 0.3) is 0 Å². The van der Waals surface area contributed by atoms with Gasteiger partial charge < -0.3 is 9.88 Å². The van der Waals surface area contributed by atoms with Gasteiger partial charge in [-0.1, -0.05) is 6.07 Å². The van der Waals surface area contributed by atoms with Crippen molar-refractivity contribution in [3.8, 4) is 0 Å². The number of aryl methyl sites for hydroxylation is 1. The molecule has 8 heteroatoms. The lowest BCUT2D eigenvalue weighted by atomic mass is 10.3. The number of thiophene rings is 1. The molecule has 0 bridgehead atoms. The normalized spacial score (nSPS) is 15.7. The van der Waals surface area contributed by atoms with Crippen LogP contribution in [0.4, 0.5) is 0 Å². The third kappa shape index (κ3) is 3.55. The number of rotatable bonds is 6. The number of hydrogen-bond acceptors (Lipinski definition) is 4. The van der Waals surface area contributed by atoms with Crippen LogP contribution in [0.2, 0.25) is 0 Å². The summed E-state index contributed by atoms with van der Waals surface area (Å²) >= 11 is 1.65. The second kappa shape index (κ2) is 7.08. The van der Waals surface area contributed by atoms with E-state index in [4.69, 9.17) is 0 Å². The van der Waals surface area contributed by atoms with Crippen LogP contribution in [-0.2, 0) is 23.5 Å². The van der Waals surface area contributed by atoms with Gasteiger partial charge in [-0.3, -0.25) is 4.79 Å². The van der Waals surface area contributed by atoms with Gasteiger partial charge in [-0.25, -0.2) is 8.42 Å². The third-order valence-electron chi connectivity index (χ3n) is 4.15. The highest BCUT2D eigenvalue weighted by Crippen LogP contribution is 2.22. The van der Waals surface area contributed by atoms with Crippen molar-refractivity contribution in [2.24, 2.45) is 7.05 Å². The van der Waals surface area contributed by atoms with Gasteiger partial charge in [0.2, 0.25) is 10.0 Å². The van der Waals surface area contributed by atoms with Crippen molar-refractivity contribution >= 4 is 27.3 Å². The fourth-order valence-corrected chi connectivity index (χ4v) is 5.12. The Labute approximate surface area is 146 Å². The summed E-state index contributed by atoms with van der Waals surface area (Å²) < 4.78 is 28.2. The molecule has 1 saturated heterocycles. The molecule has 3 heterocycles. The summed E-state index contributed by atoms with van der Waals surface area (Å²) in [4.78, 5) is 13.7. The first-order chi connectivity index (χ1) is 11.5. The number of hydrogen-bond donors (Lipinski definition) is 1. The number of carbonyl (C=O) groups excluding carboxylic acids is 1. The maximum Gasteiger partial charge on any atom is 0.267 e. The molecule has 0 radical (unpaired) electrons. The Balaban J connectivity index is 1.68. The molecule has 24 heavy (non-hydrogen) atoms. The van der Waals surface area contributed by atoms with Crippen molar-refractivity contribution in [1.82, 2.24) is 14.2 Å². The van der Waals surface area contributed by atoms with Crippen LogP contribution in [0.1, 0.15) is 28.2 Å². The second-order valence-electron chi connectivity index (χ2n) is 5.87. The van der Waals surface area contributed by atoms with Crippen LogP contribution in [0.3, 0.4) is 0 Å². The molecule has 1 aliphatic heterocycles. The van der Waals surface area contributed by atoms with Crippen LogP contribution in [0.5, 0.6) is 0 Å². The molecule has 3 rings (SSSR count). The van der Waals surface area contributed by atoms with Gasteiger partial charge in [-0.05, 0) is 36.8 Å². The molecule has 0 atom stereocenters. The first kappa shape index (κ1) is 17.2. The number of aromatic nitrogens is 1. The monoisotopic (exact) mass is 367 g/mol. The van der Waals surface area contributed by atoms with Crippen LogP contribution < -0.4 is 5.32 Å². The van der Waals surface area contributed by atoms with Gasteiger partial charge in [-0.2, -0.15) is 4.31 Å². The molecular formula is C16H21N3O3S2. The maximum absolute atomic E-state index is 12.6. The van der Waals surface area contributed by atoms with Crippen molar-refractivity contribution < 1.29 is 13.2 Å². The van der Waals surface area contributed by atoms with Crippen molar-refractivity contribution in [1.29, 1.82) is 0 Å². The summed E-state index contributed by atoms with van der Waals surface area (Å²) in [6.07, 6.45) is 4.07. The van der Waals surface area contributed by atoms with E-state index in [1.807, 2.05) is 17.5 Å². The highest BCUT2D eigenvalue weighted by molar-refractivity contribution is 7.89. The van der Waals surface area contributed by atoms with E-state index in [0.29, 0.717) is 25.3 Å². The summed E-state index contributed by atoms with van der Waals surface area (Å²) in [7, 11) is -1.80. The average Bonchev–Trinajstić information content (AvgIpc) is 3.28. The fourth-order valence-electron chi connectivity index (χ4n) is 2.82. The molecule has 1 N–H and O–H groups in total. The lowest BCUT2D eigenvalue weighted by molar-refractivity contribution is 0.0946. The third-order valence-corrected chi connectivity index (χ3v) is 6.95. The number of sulfonamides is 1. The van der Waals surface area contributed by atoms with E-state index in [0.717, 1.165) is 19.3 Å². The van der Waals surface area contributed by atoms with E-state index < -0.39 is 10.0 Å². The molecule has 2 aromatic rings. The van der Waals surface area contributed by atoms with Gasteiger partial charge >= 0.3 is 0 Å². The van der Waals surface area contributed by atoms with Gasteiger partial charge in [-0.15, -0.1) is 11.3 Å². The molecule has 0 aromatic carbocycles. The lowest BCUT2D eigenvalue weighted by Gasteiger charge is -2.13. The van der Waals surface area contributed by atoms with E-state index in [-0.39, 0.29) is 10.8 Å². The zero-order valence-electron chi connectivity index (χ0n) is 13.6. The van der Waals surface area contributed by atoms with Gasteiger partial charge in [0.1, 0.15) is 10.6 Å². The number of amides is 1. The number of nitrogens with zero attached hydrogens (tertiary/aromatic N) is 2. The first-order valence-corrected chi connectivity index (χ1v) is 10.3. The molecule has 0 unspecified atom stereocenters. The minimum atomic E-state index is -3.50. The topological polar surface area (TPSA) is 71.4 Å². The van der Waals surface area contributed by atoms with Crippen LogP contribution in [0.15, 0.2) is 34.7 Å². The summed E-state index contributed by atoms with van der Waals surface area (Å²) in [5.41, 5.74) is 0.360. The molecular weight excluding hydrogens is 346 g/mol. The van der Waals surface area contributed by atoms with E-state index in [9.17, 15) is 13.2 Å². The SMILES string of the molecule is Cn1cc(S(=O)(=O)N2CCCC2)cc1C(=O)NCCc1cccs1. The quantitative estimate of drug-likeness (QED) is 0.847. The smallest absolute Gasteiger partial charge is 0.267 e. The predicted molar refractivity (Wildman–Crippen MR) is 93.8 cm³/mol. The average molecular weight is 367 g/mol. The summed E-state index contributed by atoms with van der Waals surface area (Å²) in [6.45, 7) is 1.64. The molecule has 0 spiro atoms. The fraction of sp³-hybridized carbons (Fsp3) is 0.438. The van der Waals surface area contributed by atoms with Gasteiger partial charge in [0.25, 0.3) is 5.91 Å². The Bertz CT molecular complexity index is 804. The summed E-state index contributed by atoms with van der Waals surface area (Å²) in [5, 5.41) is 4.85. The number of nitrogens with one attached hydrogen (secondary N) is 1. The second-order valence-corrected chi connectivity index (χ2v) is 8.84. The Morgan fingerprint density at radius 1 is 1.33 bits per heavy atom. The van der Waals surface area contributed by atoms with Crippen LogP contribution in [0, 0.1) is 0 Å². The Morgan fingerprint density at radius 2 is 2.08 bits per heavy atom. The first-order valence-electron chi connectivity index (χ1n) is 7.95. The zero-order chi connectivity index (χ0) is 17.2. The largest absolute Gasteiger partial charge is 0.350 e. The molecule has 1 aliphatic rings. The number of carbonyl (C=O) groups is 1. The highest BCUT2D eigenvalue weighted by Gasteiger charge is 2.29. The highest BCUT2D eigenvalue weighted by atomic mass is 32.2. The van der Waals surface area contributed by atoms with Crippen molar-refractivity contribution in [3.63, 3.8) is 0 Å². The Morgan fingerprint density at radius 3 is 2.75 bits per heavy atom. The van der Waals surface area contributed by atoms with Crippen molar-refractivity contribution in [2.75, 3.05) is 19.6 Å². The van der Waals surface area contributed by atoms with E-state index in [1.54, 1.807) is 23.0 Å². The minimum Gasteiger partial charge on any atom is -0.350 e. The molecule has 6 nitrogen and oxygen atoms in total. The maximum atomic E-state index is 12.6. The lowest BCUT2D eigenvalue weighted by Crippen LogP contribution is -2.28. The van der Waals surface area contributed by atoms with Crippen LogP contribution in [-0.4, -0.2) is 42.8 Å². The van der Waals surface area contributed by atoms with E-state index in [2.05, 4.69) is 5.32 Å². The molecule has 1 fully saturated rings. The molecule has 0 aliphatic carbocycles. The predicted octanol–water partition coefficient (Wildman–Crippen LogP) is 1.84. The van der Waals surface area contributed by atoms with Crippen LogP contribution >= 0.6 is 11.3 Å². The van der Waals surface area contributed by atoms with Crippen molar-refractivity contribution in [3.05, 3.63) is 40.3 Å². The van der Waals surface area contributed by atoms with Gasteiger partial charge in [0.05, 0.1) is 0 Å². The van der Waals surface area contributed by atoms with Gasteiger partial charge in [0, 0.05) is 37.8 Å². The van der Waals surface area contributed by atoms with E-state index >= 15 is 0 Å². The molecule has 130 valence electrons. The van der Waals surface area contributed by atoms with Gasteiger partial charge in [0.15, 0.2) is 0 Å². The summed E-state index contributed by atoms with van der Waals surface area (Å²) in [5.74, 6) is -0.253. The molecule has 1 amide bonds. The minimum absolute atomic E-state index is 0.190. The standard InChI is InChI=1S/C16H21N3O3S2/c1-18-12-14(24(21,22)19-8-2-3-9-19)11-15(18)16(20)17-7-6-13-5-4-10-23-13/h4-5,10-12H,2-3,6-9H2,1H3,(H,17,20).